The molecule has 2 N–H and O–H groups in total. The zero-order chi connectivity index (χ0) is 12.2. The van der Waals surface area contributed by atoms with Crippen LogP contribution in [-0.4, -0.2) is 24.1 Å². The van der Waals surface area contributed by atoms with Crippen molar-refractivity contribution in [2.45, 2.75) is 25.3 Å². The van der Waals surface area contributed by atoms with Crippen LogP contribution in [0.2, 0.25) is 0 Å². The van der Waals surface area contributed by atoms with Crippen LogP contribution in [0.4, 0.5) is 5.82 Å². The number of nitrogens with one attached hydrogen (secondary N) is 2. The van der Waals surface area contributed by atoms with Crippen molar-refractivity contribution in [1.82, 2.24) is 10.3 Å². The summed E-state index contributed by atoms with van der Waals surface area (Å²) in [5.41, 5.74) is 0. The molecule has 0 saturated carbocycles. The van der Waals surface area contributed by atoms with E-state index in [1.807, 2.05) is 6.20 Å². The zero-order valence-electron chi connectivity index (χ0n) is 10.5. The number of hydrogen-bond acceptors (Lipinski definition) is 3. The van der Waals surface area contributed by atoms with E-state index in [2.05, 4.69) is 45.9 Å². The molecule has 1 aliphatic rings. The van der Waals surface area contributed by atoms with Gasteiger partial charge >= 0.3 is 0 Å². The fourth-order valence-electron chi connectivity index (χ4n) is 2.63. The van der Waals surface area contributed by atoms with Gasteiger partial charge in [0.05, 0.1) is 0 Å². The van der Waals surface area contributed by atoms with Gasteiger partial charge < -0.3 is 10.6 Å². The Balaban J connectivity index is 1.66. The number of nitrogens with zero attached hydrogens (tertiary/aromatic N) is 1. The van der Waals surface area contributed by atoms with Crippen LogP contribution >= 0.6 is 0 Å². The number of rotatable bonds is 4. The van der Waals surface area contributed by atoms with E-state index in [0.717, 1.165) is 12.4 Å². The third kappa shape index (κ3) is 2.46. The van der Waals surface area contributed by atoms with Crippen molar-refractivity contribution in [3.8, 4) is 0 Å². The number of benzene rings is 1. The first-order valence-corrected chi connectivity index (χ1v) is 6.74. The quantitative estimate of drug-likeness (QED) is 0.864. The second kappa shape index (κ2) is 5.36. The van der Waals surface area contributed by atoms with Gasteiger partial charge in [-0.2, -0.15) is 0 Å². The summed E-state index contributed by atoms with van der Waals surface area (Å²) in [6.07, 6.45) is 5.67. The summed E-state index contributed by atoms with van der Waals surface area (Å²) in [5.74, 6) is 1.01. The van der Waals surface area contributed by atoms with Gasteiger partial charge in [-0.25, -0.2) is 4.98 Å². The molecule has 0 bridgehead atoms. The SMILES string of the molecule is c1ccc2c(NCCC3CCCN3)nccc2c1. The van der Waals surface area contributed by atoms with Gasteiger partial charge in [-0.3, -0.25) is 0 Å². The second-order valence-corrected chi connectivity index (χ2v) is 4.89. The van der Waals surface area contributed by atoms with E-state index in [-0.39, 0.29) is 0 Å². The highest BCUT2D eigenvalue weighted by Crippen LogP contribution is 2.20. The Morgan fingerprint density at radius 3 is 3.11 bits per heavy atom. The molecule has 1 aromatic carbocycles. The molecule has 2 heterocycles. The van der Waals surface area contributed by atoms with Crippen LogP contribution < -0.4 is 10.6 Å². The molecule has 0 radical (unpaired) electrons. The molecule has 1 aliphatic heterocycles. The molecule has 18 heavy (non-hydrogen) atoms. The second-order valence-electron chi connectivity index (χ2n) is 4.89. The summed E-state index contributed by atoms with van der Waals surface area (Å²) in [5, 5.41) is 9.44. The Hall–Kier alpha value is -1.61. The highest BCUT2D eigenvalue weighted by molar-refractivity contribution is 5.91. The van der Waals surface area contributed by atoms with Crippen LogP contribution in [0, 0.1) is 0 Å². The Morgan fingerprint density at radius 1 is 1.28 bits per heavy atom. The lowest BCUT2D eigenvalue weighted by Gasteiger charge is -2.12. The van der Waals surface area contributed by atoms with Crippen molar-refractivity contribution in [1.29, 1.82) is 0 Å². The third-order valence-corrected chi connectivity index (χ3v) is 3.62. The lowest BCUT2D eigenvalue weighted by atomic mass is 10.1. The minimum absolute atomic E-state index is 0.687. The third-order valence-electron chi connectivity index (χ3n) is 3.62. The largest absolute Gasteiger partial charge is 0.370 e. The van der Waals surface area contributed by atoms with E-state index in [4.69, 9.17) is 0 Å². The van der Waals surface area contributed by atoms with Crippen molar-refractivity contribution in [3.63, 3.8) is 0 Å². The van der Waals surface area contributed by atoms with Gasteiger partial charge in [0.1, 0.15) is 5.82 Å². The molecule has 2 aromatic rings. The van der Waals surface area contributed by atoms with Gasteiger partial charge in [0, 0.05) is 24.2 Å². The minimum atomic E-state index is 0.687. The Bertz CT molecular complexity index is 513. The maximum atomic E-state index is 4.44. The molecular formula is C15H19N3. The fourth-order valence-corrected chi connectivity index (χ4v) is 2.63. The molecule has 1 atom stereocenters. The van der Waals surface area contributed by atoms with Crippen LogP contribution in [0.3, 0.4) is 0 Å². The number of aromatic nitrogens is 1. The monoisotopic (exact) mass is 241 g/mol. The van der Waals surface area contributed by atoms with Crippen molar-refractivity contribution in [3.05, 3.63) is 36.5 Å². The van der Waals surface area contributed by atoms with Gasteiger partial charge in [-0.15, -0.1) is 0 Å². The van der Waals surface area contributed by atoms with Crippen molar-refractivity contribution in [2.24, 2.45) is 0 Å². The van der Waals surface area contributed by atoms with Crippen LogP contribution in [-0.2, 0) is 0 Å². The Labute approximate surface area is 108 Å². The van der Waals surface area contributed by atoms with E-state index in [1.165, 1.54) is 36.6 Å². The molecule has 0 amide bonds. The lowest BCUT2D eigenvalue weighted by molar-refractivity contribution is 0.574. The summed E-state index contributed by atoms with van der Waals surface area (Å²) in [6.45, 7) is 2.16. The lowest BCUT2D eigenvalue weighted by Crippen LogP contribution is -2.24. The van der Waals surface area contributed by atoms with Gasteiger partial charge in [-0.1, -0.05) is 24.3 Å². The molecular weight excluding hydrogens is 222 g/mol. The van der Waals surface area contributed by atoms with Crippen LogP contribution in [0.5, 0.6) is 0 Å². The molecule has 1 unspecified atom stereocenters. The van der Waals surface area contributed by atoms with Crippen molar-refractivity contribution >= 4 is 16.6 Å². The first kappa shape index (κ1) is 11.5. The number of fused-ring (bicyclic) bond motifs is 1. The van der Waals surface area contributed by atoms with E-state index >= 15 is 0 Å². The number of hydrogen-bond donors (Lipinski definition) is 2. The van der Waals surface area contributed by atoms with Crippen molar-refractivity contribution in [2.75, 3.05) is 18.4 Å². The van der Waals surface area contributed by atoms with Crippen molar-refractivity contribution < 1.29 is 0 Å². The summed E-state index contributed by atoms with van der Waals surface area (Å²) in [7, 11) is 0. The molecule has 1 saturated heterocycles. The fraction of sp³-hybridized carbons (Fsp3) is 0.400. The van der Waals surface area contributed by atoms with E-state index in [0.29, 0.717) is 6.04 Å². The predicted molar refractivity (Wildman–Crippen MR) is 75.9 cm³/mol. The van der Waals surface area contributed by atoms with Gasteiger partial charge in [0.15, 0.2) is 0 Å². The normalized spacial score (nSPS) is 19.2. The smallest absolute Gasteiger partial charge is 0.133 e. The highest BCUT2D eigenvalue weighted by Gasteiger charge is 2.13. The van der Waals surface area contributed by atoms with Crippen LogP contribution in [0.25, 0.3) is 10.8 Å². The summed E-state index contributed by atoms with van der Waals surface area (Å²) in [6, 6.07) is 11.1. The molecule has 0 spiro atoms. The van der Waals surface area contributed by atoms with Crippen LogP contribution in [0.15, 0.2) is 36.5 Å². The molecule has 1 aromatic heterocycles. The van der Waals surface area contributed by atoms with Crippen LogP contribution in [0.1, 0.15) is 19.3 Å². The number of pyridine rings is 1. The first-order valence-electron chi connectivity index (χ1n) is 6.74. The minimum Gasteiger partial charge on any atom is -0.370 e. The average Bonchev–Trinajstić information content (AvgIpc) is 2.92. The highest BCUT2D eigenvalue weighted by atomic mass is 15.0. The topological polar surface area (TPSA) is 37.0 Å². The zero-order valence-corrected chi connectivity index (χ0v) is 10.5. The van der Waals surface area contributed by atoms with Gasteiger partial charge in [0.2, 0.25) is 0 Å². The molecule has 94 valence electrons. The summed E-state index contributed by atoms with van der Waals surface area (Å²) < 4.78 is 0. The standard InChI is InChI=1S/C15H19N3/c1-2-6-14-12(4-1)7-10-17-15(14)18-11-8-13-5-3-9-16-13/h1-2,4,6-7,10,13,16H,3,5,8-9,11H2,(H,17,18). The first-order chi connectivity index (χ1) is 8.93. The summed E-state index contributed by atoms with van der Waals surface area (Å²) in [4.78, 5) is 4.44. The van der Waals surface area contributed by atoms with Gasteiger partial charge in [-0.05, 0) is 37.3 Å². The average molecular weight is 241 g/mol. The van der Waals surface area contributed by atoms with Gasteiger partial charge in [0.25, 0.3) is 0 Å². The maximum Gasteiger partial charge on any atom is 0.133 e. The molecule has 0 aliphatic carbocycles. The molecule has 1 fully saturated rings. The molecule has 3 heteroatoms. The van der Waals surface area contributed by atoms with E-state index < -0.39 is 0 Å². The maximum absolute atomic E-state index is 4.44. The Morgan fingerprint density at radius 2 is 2.22 bits per heavy atom. The summed E-state index contributed by atoms with van der Waals surface area (Å²) >= 11 is 0. The van der Waals surface area contributed by atoms with E-state index in [9.17, 15) is 0 Å². The Kier molecular flexibility index (Phi) is 3.42. The van der Waals surface area contributed by atoms with E-state index in [1.54, 1.807) is 0 Å². The number of anilines is 1. The predicted octanol–water partition coefficient (Wildman–Crippen LogP) is 2.79. The molecule has 3 rings (SSSR count). The molecule has 3 nitrogen and oxygen atoms in total.